The highest BCUT2D eigenvalue weighted by Gasteiger charge is 2.30. The average molecular weight is 423 g/mol. The second-order valence-electron chi connectivity index (χ2n) is 8.29. The molecule has 1 saturated heterocycles. The molecule has 1 aliphatic heterocycles. The molecule has 160 valence electrons. The molecule has 1 unspecified atom stereocenters. The smallest absolute Gasteiger partial charge is 0.223 e. The Bertz CT molecular complexity index is 1150. The lowest BCUT2D eigenvalue weighted by molar-refractivity contribution is -0.130. The third kappa shape index (κ3) is 4.50. The lowest BCUT2D eigenvalue weighted by atomic mass is 9.88. The monoisotopic (exact) mass is 422 g/mol. The second-order valence-corrected chi connectivity index (χ2v) is 8.29. The minimum atomic E-state index is -0.0282. The normalized spacial score (nSPS) is 15.9. The van der Waals surface area contributed by atoms with Gasteiger partial charge in [-0.3, -0.25) is 4.79 Å². The Hall–Kier alpha value is -3.66. The number of carbonyl (C=O) groups excluding carboxylic acids is 1. The van der Waals surface area contributed by atoms with E-state index in [1.807, 2.05) is 77.7 Å². The average Bonchev–Trinajstić information content (AvgIpc) is 3.32. The van der Waals surface area contributed by atoms with E-state index >= 15 is 0 Å². The molecular weight excluding hydrogens is 396 g/mol. The molecule has 5 rings (SSSR count). The summed E-state index contributed by atoms with van der Waals surface area (Å²) in [6.07, 6.45) is 1.25. The van der Waals surface area contributed by atoms with Gasteiger partial charge in [-0.25, -0.2) is 4.98 Å². The first kappa shape index (κ1) is 20.3. The quantitative estimate of drug-likeness (QED) is 0.416. The highest BCUT2D eigenvalue weighted by atomic mass is 16.5. The zero-order chi connectivity index (χ0) is 21.8. The van der Waals surface area contributed by atoms with Crippen LogP contribution in [0.3, 0.4) is 0 Å². The van der Waals surface area contributed by atoms with E-state index in [1.54, 1.807) is 0 Å². The number of ether oxygens (including phenoxy) is 1. The number of carbonyl (C=O) groups is 1. The number of rotatable bonds is 6. The number of hydrogen-bond donors (Lipinski definition) is 0. The van der Waals surface area contributed by atoms with E-state index in [-0.39, 0.29) is 17.9 Å². The Morgan fingerprint density at radius 1 is 0.875 bits per heavy atom. The molecule has 4 heteroatoms. The van der Waals surface area contributed by atoms with E-state index < -0.39 is 0 Å². The minimum absolute atomic E-state index is 0.0282. The number of aromatic nitrogens is 1. The van der Waals surface area contributed by atoms with Gasteiger partial charge in [0.1, 0.15) is 6.10 Å². The van der Waals surface area contributed by atoms with Crippen molar-refractivity contribution in [3.63, 3.8) is 0 Å². The van der Waals surface area contributed by atoms with Crippen molar-refractivity contribution >= 4 is 16.8 Å². The van der Waals surface area contributed by atoms with Gasteiger partial charge in [0.15, 0.2) is 0 Å². The highest BCUT2D eigenvalue weighted by molar-refractivity contribution is 5.79. The van der Waals surface area contributed by atoms with Crippen LogP contribution < -0.4 is 4.74 Å². The van der Waals surface area contributed by atoms with Gasteiger partial charge in [-0.05, 0) is 23.3 Å². The van der Waals surface area contributed by atoms with Gasteiger partial charge in [0, 0.05) is 36.8 Å². The molecule has 0 radical (unpaired) electrons. The summed E-state index contributed by atoms with van der Waals surface area (Å²) in [4.78, 5) is 19.8. The van der Waals surface area contributed by atoms with E-state index in [9.17, 15) is 4.79 Å². The van der Waals surface area contributed by atoms with Crippen LogP contribution in [0, 0.1) is 0 Å². The lowest BCUT2D eigenvalue weighted by Crippen LogP contribution is -2.32. The SMILES string of the molecule is O=C(CC(c1ccccc1)c1ccccc1)N1CCC(Oc2ccc3ccccc3n2)C1. The van der Waals surface area contributed by atoms with E-state index in [1.165, 1.54) is 11.1 Å². The molecule has 3 aromatic carbocycles. The van der Waals surface area contributed by atoms with Crippen LogP contribution in [0.15, 0.2) is 97.1 Å². The summed E-state index contributed by atoms with van der Waals surface area (Å²) in [6.45, 7) is 1.32. The topological polar surface area (TPSA) is 42.4 Å². The maximum absolute atomic E-state index is 13.2. The fraction of sp³-hybridized carbons (Fsp3) is 0.214. The summed E-state index contributed by atoms with van der Waals surface area (Å²) in [5, 5.41) is 1.09. The third-order valence-electron chi connectivity index (χ3n) is 6.14. The van der Waals surface area contributed by atoms with Gasteiger partial charge in [0.25, 0.3) is 0 Å². The Labute approximate surface area is 188 Å². The van der Waals surface area contributed by atoms with Crippen molar-refractivity contribution in [3.05, 3.63) is 108 Å². The second kappa shape index (κ2) is 9.23. The van der Waals surface area contributed by atoms with Crippen molar-refractivity contribution in [1.29, 1.82) is 0 Å². The zero-order valence-electron chi connectivity index (χ0n) is 17.9. The standard InChI is InChI=1S/C28H26N2O2/c31-28(19-25(21-9-3-1-4-10-21)22-11-5-2-6-12-22)30-18-17-24(20-30)32-27-16-15-23-13-7-8-14-26(23)29-27/h1-16,24-25H,17-20H2. The van der Waals surface area contributed by atoms with Gasteiger partial charge >= 0.3 is 0 Å². The minimum Gasteiger partial charge on any atom is -0.472 e. The van der Waals surface area contributed by atoms with Gasteiger partial charge < -0.3 is 9.64 Å². The van der Waals surface area contributed by atoms with Gasteiger partial charge in [-0.15, -0.1) is 0 Å². The molecular formula is C28H26N2O2. The van der Waals surface area contributed by atoms with Crippen LogP contribution in [-0.4, -0.2) is 35.0 Å². The maximum Gasteiger partial charge on any atom is 0.223 e. The Kier molecular flexibility index (Phi) is 5.84. The summed E-state index contributed by atoms with van der Waals surface area (Å²) in [5.41, 5.74) is 3.25. The molecule has 1 amide bonds. The number of benzene rings is 3. The molecule has 4 aromatic rings. The number of para-hydroxylation sites is 1. The number of hydrogen-bond acceptors (Lipinski definition) is 3. The summed E-state index contributed by atoms with van der Waals surface area (Å²) in [5.74, 6) is 0.835. The van der Waals surface area contributed by atoms with Crippen molar-refractivity contribution in [2.75, 3.05) is 13.1 Å². The van der Waals surface area contributed by atoms with Crippen molar-refractivity contribution < 1.29 is 9.53 Å². The van der Waals surface area contributed by atoms with E-state index in [4.69, 9.17) is 4.74 Å². The number of likely N-dealkylation sites (tertiary alicyclic amines) is 1. The molecule has 0 bridgehead atoms. The molecule has 0 spiro atoms. The van der Waals surface area contributed by atoms with Crippen LogP contribution in [0.25, 0.3) is 10.9 Å². The van der Waals surface area contributed by atoms with Crippen LogP contribution >= 0.6 is 0 Å². The Morgan fingerprint density at radius 2 is 1.53 bits per heavy atom. The predicted molar refractivity (Wildman–Crippen MR) is 127 cm³/mol. The molecule has 0 aliphatic carbocycles. The van der Waals surface area contributed by atoms with Crippen molar-refractivity contribution in [2.24, 2.45) is 0 Å². The molecule has 32 heavy (non-hydrogen) atoms. The fourth-order valence-corrected chi connectivity index (χ4v) is 4.44. The Morgan fingerprint density at radius 3 is 2.25 bits per heavy atom. The highest BCUT2D eigenvalue weighted by Crippen LogP contribution is 2.29. The molecule has 0 saturated carbocycles. The van der Waals surface area contributed by atoms with Gasteiger partial charge in [0.2, 0.25) is 11.8 Å². The number of nitrogens with zero attached hydrogens (tertiary/aromatic N) is 2. The first-order valence-electron chi connectivity index (χ1n) is 11.2. The van der Waals surface area contributed by atoms with Crippen LogP contribution in [0.5, 0.6) is 5.88 Å². The summed E-state index contributed by atoms with van der Waals surface area (Å²) < 4.78 is 6.13. The molecule has 0 N–H and O–H groups in total. The molecule has 1 aliphatic rings. The number of fused-ring (bicyclic) bond motifs is 1. The molecule has 1 fully saturated rings. The van der Waals surface area contributed by atoms with Gasteiger partial charge in [-0.2, -0.15) is 0 Å². The van der Waals surface area contributed by atoms with Gasteiger partial charge in [-0.1, -0.05) is 78.9 Å². The number of amides is 1. The first-order chi connectivity index (χ1) is 15.8. The van der Waals surface area contributed by atoms with E-state index in [2.05, 4.69) is 29.2 Å². The van der Waals surface area contributed by atoms with E-state index in [0.29, 0.717) is 25.4 Å². The largest absolute Gasteiger partial charge is 0.472 e. The van der Waals surface area contributed by atoms with Crippen molar-refractivity contribution in [3.8, 4) is 5.88 Å². The van der Waals surface area contributed by atoms with Gasteiger partial charge in [0.05, 0.1) is 12.1 Å². The lowest BCUT2D eigenvalue weighted by Gasteiger charge is -2.22. The Balaban J connectivity index is 1.26. The van der Waals surface area contributed by atoms with E-state index in [0.717, 1.165) is 17.3 Å². The third-order valence-corrected chi connectivity index (χ3v) is 6.14. The maximum atomic E-state index is 13.2. The van der Waals surface area contributed by atoms with Crippen LogP contribution in [0.1, 0.15) is 29.9 Å². The number of pyridine rings is 1. The molecule has 2 heterocycles. The van der Waals surface area contributed by atoms with Crippen LogP contribution in [-0.2, 0) is 4.79 Å². The molecule has 1 aromatic heterocycles. The van der Waals surface area contributed by atoms with Crippen molar-refractivity contribution in [2.45, 2.75) is 24.9 Å². The predicted octanol–water partition coefficient (Wildman–Crippen LogP) is 5.44. The molecule has 1 atom stereocenters. The first-order valence-corrected chi connectivity index (χ1v) is 11.2. The summed E-state index contributed by atoms with van der Waals surface area (Å²) in [6, 6.07) is 32.5. The zero-order valence-corrected chi connectivity index (χ0v) is 17.9. The fourth-order valence-electron chi connectivity index (χ4n) is 4.44. The van der Waals surface area contributed by atoms with Crippen molar-refractivity contribution in [1.82, 2.24) is 9.88 Å². The van der Waals surface area contributed by atoms with Crippen LogP contribution in [0.4, 0.5) is 0 Å². The summed E-state index contributed by atoms with van der Waals surface area (Å²) >= 11 is 0. The summed E-state index contributed by atoms with van der Waals surface area (Å²) in [7, 11) is 0. The molecule has 4 nitrogen and oxygen atoms in total. The van der Waals surface area contributed by atoms with Crippen LogP contribution in [0.2, 0.25) is 0 Å².